The maximum Gasteiger partial charge on any atom is 0.338 e. The minimum Gasteiger partial charge on any atom is -0.491 e. The molecule has 0 saturated carbocycles. The Morgan fingerprint density at radius 1 is 1.10 bits per heavy atom. The summed E-state index contributed by atoms with van der Waals surface area (Å²) in [6.07, 6.45) is -0.986. The highest BCUT2D eigenvalue weighted by molar-refractivity contribution is 5.93. The molecule has 0 saturated heterocycles. The molecule has 0 aliphatic rings. The Kier molecular flexibility index (Phi) is 6.33. The normalized spacial score (nSPS) is 12.1. The summed E-state index contributed by atoms with van der Waals surface area (Å²) in [5.41, 5.74) is 1.24. The summed E-state index contributed by atoms with van der Waals surface area (Å²) in [5.74, 6) is -0.439. The minimum atomic E-state index is -0.986. The van der Waals surface area contributed by atoms with E-state index in [1.165, 1.54) is 28.8 Å². The molecule has 3 aromatic rings. The van der Waals surface area contributed by atoms with E-state index in [4.69, 9.17) is 9.47 Å². The second-order valence-electron chi connectivity index (χ2n) is 6.48. The second-order valence-corrected chi connectivity index (χ2v) is 6.48. The number of aliphatic hydroxyl groups is 1. The lowest BCUT2D eigenvalue weighted by Gasteiger charge is -2.13. The Morgan fingerprint density at radius 3 is 2.48 bits per heavy atom. The maximum absolute atomic E-state index is 13.0. The topological polar surface area (TPSA) is 82.7 Å². The molecule has 0 amide bonds. The number of halogens is 1. The fourth-order valence-corrected chi connectivity index (χ4v) is 3.13. The molecule has 0 radical (unpaired) electrons. The predicted molar refractivity (Wildman–Crippen MR) is 106 cm³/mol. The number of carbonyl (C=O) groups excluding carboxylic acids is 1. The van der Waals surface area contributed by atoms with Crippen LogP contribution in [-0.2, 0) is 17.8 Å². The number of aromatic nitrogens is 2. The van der Waals surface area contributed by atoms with E-state index in [-0.39, 0.29) is 31.3 Å². The van der Waals surface area contributed by atoms with Gasteiger partial charge < -0.3 is 14.6 Å². The van der Waals surface area contributed by atoms with E-state index in [9.17, 15) is 19.1 Å². The van der Waals surface area contributed by atoms with Gasteiger partial charge in [0.05, 0.1) is 29.7 Å². The number of fused-ring (bicyclic) bond motifs is 1. The largest absolute Gasteiger partial charge is 0.491 e. The SMILES string of the molecule is CCOC(=O)c1ccc2c(c1)n(CC(O)COc1ccc(F)cc1)c(=O)n2CC. The third kappa shape index (κ3) is 4.48. The summed E-state index contributed by atoms with van der Waals surface area (Å²) in [7, 11) is 0. The third-order valence-electron chi connectivity index (χ3n) is 4.50. The number of ether oxygens (including phenoxy) is 2. The van der Waals surface area contributed by atoms with Crippen molar-refractivity contribution >= 4 is 17.0 Å². The Bertz CT molecular complexity index is 1060. The van der Waals surface area contributed by atoms with Gasteiger partial charge in [0.1, 0.15) is 24.3 Å². The number of carbonyl (C=O) groups is 1. The molecule has 0 fully saturated rings. The van der Waals surface area contributed by atoms with E-state index in [2.05, 4.69) is 0 Å². The van der Waals surface area contributed by atoms with Crippen molar-refractivity contribution in [2.75, 3.05) is 13.2 Å². The lowest BCUT2D eigenvalue weighted by atomic mass is 10.2. The number of hydrogen-bond donors (Lipinski definition) is 1. The average Bonchev–Trinajstić information content (AvgIpc) is 2.98. The molecular weight excluding hydrogens is 379 g/mol. The monoisotopic (exact) mass is 402 g/mol. The Morgan fingerprint density at radius 2 is 1.83 bits per heavy atom. The van der Waals surface area contributed by atoms with Gasteiger partial charge in [-0.15, -0.1) is 0 Å². The van der Waals surface area contributed by atoms with Crippen molar-refractivity contribution in [1.82, 2.24) is 9.13 Å². The average molecular weight is 402 g/mol. The van der Waals surface area contributed by atoms with Crippen LogP contribution in [0.5, 0.6) is 5.75 Å². The molecule has 1 atom stereocenters. The van der Waals surface area contributed by atoms with E-state index in [0.29, 0.717) is 28.9 Å². The molecule has 1 unspecified atom stereocenters. The first kappa shape index (κ1) is 20.6. The van der Waals surface area contributed by atoms with Crippen LogP contribution in [0.1, 0.15) is 24.2 Å². The summed E-state index contributed by atoms with van der Waals surface area (Å²) < 4.78 is 26.4. The van der Waals surface area contributed by atoms with Crippen molar-refractivity contribution < 1.29 is 23.8 Å². The van der Waals surface area contributed by atoms with E-state index in [0.717, 1.165) is 0 Å². The fraction of sp³-hybridized carbons (Fsp3) is 0.333. The Labute approximate surface area is 166 Å². The van der Waals surface area contributed by atoms with Gasteiger partial charge in [0.15, 0.2) is 0 Å². The van der Waals surface area contributed by atoms with Crippen molar-refractivity contribution in [3.63, 3.8) is 0 Å². The van der Waals surface area contributed by atoms with Gasteiger partial charge in [-0.1, -0.05) is 0 Å². The molecule has 29 heavy (non-hydrogen) atoms. The molecule has 0 aliphatic heterocycles. The predicted octanol–water partition coefficient (Wildman–Crippen LogP) is 2.58. The van der Waals surface area contributed by atoms with E-state index < -0.39 is 12.1 Å². The highest BCUT2D eigenvalue weighted by Crippen LogP contribution is 2.18. The van der Waals surface area contributed by atoms with Crippen LogP contribution in [0, 0.1) is 5.82 Å². The van der Waals surface area contributed by atoms with Gasteiger partial charge in [0.2, 0.25) is 0 Å². The van der Waals surface area contributed by atoms with Gasteiger partial charge in [-0.25, -0.2) is 14.0 Å². The molecule has 1 heterocycles. The van der Waals surface area contributed by atoms with Gasteiger partial charge in [-0.05, 0) is 56.3 Å². The van der Waals surface area contributed by atoms with Crippen molar-refractivity contribution in [3.8, 4) is 5.75 Å². The summed E-state index contributed by atoms with van der Waals surface area (Å²) in [6, 6.07) is 10.4. The van der Waals surface area contributed by atoms with E-state index >= 15 is 0 Å². The molecule has 154 valence electrons. The number of benzene rings is 2. The zero-order valence-corrected chi connectivity index (χ0v) is 16.3. The van der Waals surface area contributed by atoms with Crippen LogP contribution in [0.15, 0.2) is 47.3 Å². The third-order valence-corrected chi connectivity index (χ3v) is 4.50. The van der Waals surface area contributed by atoms with Gasteiger partial charge in [0.25, 0.3) is 0 Å². The highest BCUT2D eigenvalue weighted by Gasteiger charge is 2.18. The zero-order valence-electron chi connectivity index (χ0n) is 16.3. The van der Waals surface area contributed by atoms with Crippen molar-refractivity contribution in [3.05, 3.63) is 64.3 Å². The number of imidazole rings is 1. The number of aryl methyl sites for hydroxylation is 1. The lowest BCUT2D eigenvalue weighted by Crippen LogP contribution is -2.31. The van der Waals surface area contributed by atoms with Crippen LogP contribution in [-0.4, -0.2) is 39.5 Å². The number of nitrogens with zero attached hydrogens (tertiary/aromatic N) is 2. The standard InChI is InChI=1S/C21H23FN2O5/c1-3-23-18-10-5-14(20(26)28-4-2)11-19(18)24(21(23)27)12-16(25)13-29-17-8-6-15(22)7-9-17/h5-11,16,25H,3-4,12-13H2,1-2H3. The maximum atomic E-state index is 13.0. The lowest BCUT2D eigenvalue weighted by molar-refractivity contribution is 0.0526. The molecule has 8 heteroatoms. The molecule has 2 aromatic carbocycles. The molecular formula is C21H23FN2O5. The first-order valence-corrected chi connectivity index (χ1v) is 9.41. The molecule has 0 bridgehead atoms. The van der Waals surface area contributed by atoms with Gasteiger partial charge in [-0.2, -0.15) is 0 Å². The van der Waals surface area contributed by atoms with Gasteiger partial charge in [0, 0.05) is 6.54 Å². The second kappa shape index (κ2) is 8.91. The van der Waals surface area contributed by atoms with Crippen LogP contribution in [0.2, 0.25) is 0 Å². The first-order valence-electron chi connectivity index (χ1n) is 9.41. The van der Waals surface area contributed by atoms with Crippen molar-refractivity contribution in [2.45, 2.75) is 33.0 Å². The van der Waals surface area contributed by atoms with Gasteiger partial charge in [-0.3, -0.25) is 9.13 Å². The summed E-state index contributed by atoms with van der Waals surface area (Å²) in [4.78, 5) is 24.8. The van der Waals surface area contributed by atoms with E-state index in [1.807, 2.05) is 6.92 Å². The fourth-order valence-electron chi connectivity index (χ4n) is 3.13. The number of hydrogen-bond acceptors (Lipinski definition) is 5. The van der Waals surface area contributed by atoms with Crippen molar-refractivity contribution in [1.29, 1.82) is 0 Å². The number of rotatable bonds is 8. The first-order chi connectivity index (χ1) is 13.9. The molecule has 0 spiro atoms. The Balaban J connectivity index is 1.85. The van der Waals surface area contributed by atoms with Crippen LogP contribution in [0.25, 0.3) is 11.0 Å². The van der Waals surface area contributed by atoms with Crippen LogP contribution >= 0.6 is 0 Å². The van der Waals surface area contributed by atoms with Crippen LogP contribution < -0.4 is 10.4 Å². The summed E-state index contributed by atoms with van der Waals surface area (Å²) >= 11 is 0. The van der Waals surface area contributed by atoms with Crippen LogP contribution in [0.3, 0.4) is 0 Å². The number of aliphatic hydroxyl groups excluding tert-OH is 1. The molecule has 1 N–H and O–H groups in total. The minimum absolute atomic E-state index is 0.0180. The number of esters is 1. The quantitative estimate of drug-likeness (QED) is 0.586. The van der Waals surface area contributed by atoms with Crippen LogP contribution in [0.4, 0.5) is 4.39 Å². The smallest absolute Gasteiger partial charge is 0.338 e. The van der Waals surface area contributed by atoms with Gasteiger partial charge >= 0.3 is 11.7 Å². The highest BCUT2D eigenvalue weighted by atomic mass is 19.1. The van der Waals surface area contributed by atoms with Crippen molar-refractivity contribution in [2.24, 2.45) is 0 Å². The summed E-state index contributed by atoms with van der Waals surface area (Å²) in [6.45, 7) is 4.17. The molecule has 1 aromatic heterocycles. The molecule has 0 aliphatic carbocycles. The molecule has 7 nitrogen and oxygen atoms in total. The Hall–Kier alpha value is -3.13. The zero-order chi connectivity index (χ0) is 21.0. The summed E-state index contributed by atoms with van der Waals surface area (Å²) in [5, 5.41) is 10.4. The molecule has 3 rings (SSSR count). The van der Waals surface area contributed by atoms with E-state index in [1.54, 1.807) is 29.7 Å².